The van der Waals surface area contributed by atoms with Crippen LogP contribution in [0.3, 0.4) is 0 Å². The van der Waals surface area contributed by atoms with Gasteiger partial charge < -0.3 is 9.84 Å². The number of nitrogens with one attached hydrogen (secondary N) is 1. The van der Waals surface area contributed by atoms with Crippen LogP contribution in [0.5, 0.6) is 0 Å². The summed E-state index contributed by atoms with van der Waals surface area (Å²) in [7, 11) is 0. The summed E-state index contributed by atoms with van der Waals surface area (Å²) >= 11 is 1.63. The Morgan fingerprint density at radius 1 is 1.29 bits per heavy atom. The monoisotopic (exact) mass is 302 g/mol. The molecule has 0 spiro atoms. The summed E-state index contributed by atoms with van der Waals surface area (Å²) < 4.78 is 7.28. The number of thiazole rings is 1. The molecule has 3 heterocycles. The molecule has 0 aromatic carbocycles. The van der Waals surface area contributed by atoms with E-state index in [1.54, 1.807) is 11.3 Å². The molecule has 0 amide bonds. The normalized spacial score (nSPS) is 11.0. The maximum atomic E-state index is 5.19. The number of hydrogen-bond donors (Lipinski definition) is 1. The predicted octanol–water partition coefficient (Wildman–Crippen LogP) is 3.95. The van der Waals surface area contributed by atoms with E-state index < -0.39 is 0 Å². The van der Waals surface area contributed by atoms with E-state index in [0.717, 1.165) is 45.9 Å². The van der Waals surface area contributed by atoms with Crippen LogP contribution < -0.4 is 5.32 Å². The van der Waals surface area contributed by atoms with E-state index in [9.17, 15) is 0 Å². The molecule has 3 rings (SSSR count). The molecule has 21 heavy (non-hydrogen) atoms. The summed E-state index contributed by atoms with van der Waals surface area (Å²) in [4.78, 5) is 4.63. The van der Waals surface area contributed by atoms with Gasteiger partial charge in [-0.3, -0.25) is 4.57 Å². The lowest BCUT2D eigenvalue weighted by atomic mass is 10.2. The molecular weight excluding hydrogens is 284 g/mol. The topological polar surface area (TPSA) is 55.9 Å². The molecule has 0 saturated heterocycles. The van der Waals surface area contributed by atoms with Crippen molar-refractivity contribution in [3.8, 4) is 17.1 Å². The molecule has 0 aliphatic carbocycles. The lowest BCUT2D eigenvalue weighted by Crippen LogP contribution is -1.99. The maximum Gasteiger partial charge on any atom is 0.183 e. The molecule has 0 fully saturated rings. The van der Waals surface area contributed by atoms with Crippen molar-refractivity contribution in [1.82, 2.24) is 14.7 Å². The van der Waals surface area contributed by atoms with Gasteiger partial charge in [0, 0.05) is 34.9 Å². The first-order valence-electron chi connectivity index (χ1n) is 6.92. The summed E-state index contributed by atoms with van der Waals surface area (Å²) in [5.41, 5.74) is 4.37. The van der Waals surface area contributed by atoms with Crippen LogP contribution in [0.4, 0.5) is 5.13 Å². The minimum Gasteiger partial charge on any atom is -0.362 e. The molecule has 1 N–H and O–H groups in total. The lowest BCUT2D eigenvalue weighted by molar-refractivity contribution is 0.394. The van der Waals surface area contributed by atoms with Gasteiger partial charge >= 0.3 is 0 Å². The van der Waals surface area contributed by atoms with Crippen LogP contribution in [0.15, 0.2) is 22.0 Å². The Morgan fingerprint density at radius 3 is 2.76 bits per heavy atom. The molecule has 5 nitrogen and oxygen atoms in total. The van der Waals surface area contributed by atoms with E-state index in [1.165, 1.54) is 0 Å². The molecule has 0 saturated carbocycles. The van der Waals surface area contributed by atoms with Crippen molar-refractivity contribution in [2.24, 2.45) is 0 Å². The van der Waals surface area contributed by atoms with Crippen molar-refractivity contribution in [2.45, 2.75) is 27.7 Å². The van der Waals surface area contributed by atoms with E-state index in [2.05, 4.69) is 52.2 Å². The van der Waals surface area contributed by atoms with Gasteiger partial charge in [0.15, 0.2) is 10.9 Å². The zero-order valence-electron chi connectivity index (χ0n) is 12.6. The van der Waals surface area contributed by atoms with Crippen LogP contribution in [-0.4, -0.2) is 21.3 Å². The standard InChI is InChI=1S/C15H18N4OS/c1-5-16-15-17-13(8-21-15)12-6-9(2)19(11(12)4)14-7-10(3)20-18-14/h6-8H,5H2,1-4H3,(H,16,17). The average molecular weight is 302 g/mol. The second-order valence-electron chi connectivity index (χ2n) is 4.98. The fourth-order valence-electron chi connectivity index (χ4n) is 2.46. The third-order valence-electron chi connectivity index (χ3n) is 3.38. The Hall–Kier alpha value is -2.08. The summed E-state index contributed by atoms with van der Waals surface area (Å²) in [6, 6.07) is 4.08. The Kier molecular flexibility index (Phi) is 3.55. The highest BCUT2D eigenvalue weighted by Crippen LogP contribution is 2.31. The molecular formula is C15H18N4OS. The van der Waals surface area contributed by atoms with Crippen LogP contribution in [0, 0.1) is 20.8 Å². The number of aryl methyl sites for hydroxylation is 2. The van der Waals surface area contributed by atoms with Gasteiger partial charge in [-0.15, -0.1) is 11.3 Å². The minimum atomic E-state index is 0.808. The van der Waals surface area contributed by atoms with E-state index >= 15 is 0 Å². The van der Waals surface area contributed by atoms with E-state index in [1.807, 2.05) is 13.0 Å². The number of rotatable bonds is 4. The zero-order valence-corrected chi connectivity index (χ0v) is 13.4. The quantitative estimate of drug-likeness (QED) is 0.793. The van der Waals surface area contributed by atoms with Crippen LogP contribution in [-0.2, 0) is 0 Å². The third kappa shape index (κ3) is 2.47. The van der Waals surface area contributed by atoms with E-state index in [-0.39, 0.29) is 0 Å². The Bertz CT molecular complexity index is 769. The van der Waals surface area contributed by atoms with Gasteiger partial charge in [-0.25, -0.2) is 4.98 Å². The number of hydrogen-bond acceptors (Lipinski definition) is 5. The Balaban J connectivity index is 2.04. The number of aromatic nitrogens is 3. The van der Waals surface area contributed by atoms with Gasteiger partial charge in [-0.05, 0) is 33.8 Å². The van der Waals surface area contributed by atoms with Gasteiger partial charge in [0.05, 0.1) is 5.69 Å². The molecule has 6 heteroatoms. The van der Waals surface area contributed by atoms with Crippen molar-refractivity contribution in [1.29, 1.82) is 0 Å². The average Bonchev–Trinajstić information content (AvgIpc) is 3.11. The summed E-state index contributed by atoms with van der Waals surface area (Å²) in [5, 5.41) is 10.4. The first kappa shape index (κ1) is 13.9. The summed E-state index contributed by atoms with van der Waals surface area (Å²) in [6.07, 6.45) is 0. The Morgan fingerprint density at radius 2 is 2.10 bits per heavy atom. The fraction of sp³-hybridized carbons (Fsp3) is 0.333. The van der Waals surface area contributed by atoms with E-state index in [4.69, 9.17) is 4.52 Å². The van der Waals surface area contributed by atoms with Crippen molar-refractivity contribution in [3.05, 3.63) is 34.7 Å². The highest BCUT2D eigenvalue weighted by atomic mass is 32.1. The molecule has 0 radical (unpaired) electrons. The second kappa shape index (κ2) is 5.37. The van der Waals surface area contributed by atoms with Crippen molar-refractivity contribution < 1.29 is 4.52 Å². The minimum absolute atomic E-state index is 0.808. The molecule has 0 aliphatic heterocycles. The highest BCUT2D eigenvalue weighted by Gasteiger charge is 2.16. The maximum absolute atomic E-state index is 5.19. The van der Waals surface area contributed by atoms with Crippen LogP contribution >= 0.6 is 11.3 Å². The van der Waals surface area contributed by atoms with Crippen molar-refractivity contribution >= 4 is 16.5 Å². The van der Waals surface area contributed by atoms with E-state index in [0.29, 0.717) is 0 Å². The molecule has 3 aromatic heterocycles. The summed E-state index contributed by atoms with van der Waals surface area (Å²) in [5.74, 6) is 1.62. The predicted molar refractivity (Wildman–Crippen MR) is 85.3 cm³/mol. The molecule has 0 atom stereocenters. The smallest absolute Gasteiger partial charge is 0.183 e. The largest absolute Gasteiger partial charge is 0.362 e. The molecule has 3 aromatic rings. The van der Waals surface area contributed by atoms with Gasteiger partial charge in [-0.2, -0.15) is 0 Å². The molecule has 110 valence electrons. The van der Waals surface area contributed by atoms with Gasteiger partial charge in [0.1, 0.15) is 5.76 Å². The van der Waals surface area contributed by atoms with Crippen LogP contribution in [0.25, 0.3) is 17.1 Å². The van der Waals surface area contributed by atoms with Crippen molar-refractivity contribution in [3.63, 3.8) is 0 Å². The molecule has 0 unspecified atom stereocenters. The summed E-state index contributed by atoms with van der Waals surface area (Å²) in [6.45, 7) is 9.00. The fourth-order valence-corrected chi connectivity index (χ4v) is 3.24. The second-order valence-corrected chi connectivity index (χ2v) is 5.84. The first-order chi connectivity index (χ1) is 10.1. The number of nitrogens with zero attached hydrogens (tertiary/aromatic N) is 3. The highest BCUT2D eigenvalue weighted by molar-refractivity contribution is 7.14. The molecule has 0 aliphatic rings. The third-order valence-corrected chi connectivity index (χ3v) is 4.18. The van der Waals surface area contributed by atoms with Gasteiger partial charge in [0.25, 0.3) is 0 Å². The SMILES string of the molecule is CCNc1nc(-c2cc(C)n(-c3cc(C)on3)c2C)cs1. The molecule has 0 bridgehead atoms. The van der Waals surface area contributed by atoms with Crippen LogP contribution in [0.2, 0.25) is 0 Å². The lowest BCUT2D eigenvalue weighted by Gasteiger charge is -2.04. The van der Waals surface area contributed by atoms with Gasteiger partial charge in [-0.1, -0.05) is 5.16 Å². The zero-order chi connectivity index (χ0) is 15.0. The van der Waals surface area contributed by atoms with Crippen LogP contribution in [0.1, 0.15) is 24.1 Å². The van der Waals surface area contributed by atoms with Crippen molar-refractivity contribution in [2.75, 3.05) is 11.9 Å². The number of anilines is 1. The van der Waals surface area contributed by atoms with Gasteiger partial charge in [0.2, 0.25) is 0 Å². The Labute approximate surface area is 127 Å². The first-order valence-corrected chi connectivity index (χ1v) is 7.80.